The Balaban J connectivity index is 1.87. The van der Waals surface area contributed by atoms with Crippen LogP contribution in [0.5, 0.6) is 0 Å². The molecule has 26 heavy (non-hydrogen) atoms. The van der Waals surface area contributed by atoms with Crippen LogP contribution in [0, 0.1) is 13.8 Å². The third kappa shape index (κ3) is 3.77. The minimum Gasteiger partial charge on any atom is -0.383 e. The molecule has 0 saturated carbocycles. The second-order valence-corrected chi connectivity index (χ2v) is 7.86. The smallest absolute Gasteiger partial charge is 0.240 e. The van der Waals surface area contributed by atoms with Crippen molar-refractivity contribution in [2.75, 3.05) is 13.7 Å². The lowest BCUT2D eigenvalue weighted by Crippen LogP contribution is -2.25. The van der Waals surface area contributed by atoms with Gasteiger partial charge in [0.25, 0.3) is 0 Å². The molecule has 0 spiro atoms. The lowest BCUT2D eigenvalue weighted by molar-refractivity contribution is 0.187. The lowest BCUT2D eigenvalue weighted by Gasteiger charge is -2.10. The molecule has 0 amide bonds. The molecule has 0 fully saturated rings. The van der Waals surface area contributed by atoms with Crippen LogP contribution < -0.4 is 4.72 Å². The van der Waals surface area contributed by atoms with Crippen LogP contribution in [0.15, 0.2) is 41.4 Å². The maximum absolute atomic E-state index is 12.6. The molecule has 2 aromatic heterocycles. The summed E-state index contributed by atoms with van der Waals surface area (Å²) in [5.74, 6) is 0.600. The molecule has 0 saturated heterocycles. The zero-order valence-electron chi connectivity index (χ0n) is 15.1. The second kappa shape index (κ2) is 7.53. The van der Waals surface area contributed by atoms with Gasteiger partial charge < -0.3 is 9.30 Å². The summed E-state index contributed by atoms with van der Waals surface area (Å²) in [6.07, 6.45) is 1.69. The third-order valence-electron chi connectivity index (χ3n) is 4.31. The van der Waals surface area contributed by atoms with E-state index in [9.17, 15) is 8.42 Å². The molecule has 138 valence electrons. The number of methoxy groups -OCH3 is 1. The summed E-state index contributed by atoms with van der Waals surface area (Å²) in [6, 6.07) is 8.75. The number of pyridine rings is 1. The molecule has 7 nitrogen and oxygen atoms in total. The first kappa shape index (κ1) is 18.5. The number of aromatic nitrogens is 3. The van der Waals surface area contributed by atoms with E-state index in [4.69, 9.17) is 4.74 Å². The zero-order chi connectivity index (χ0) is 18.7. The monoisotopic (exact) mass is 374 g/mol. The first-order valence-electron chi connectivity index (χ1n) is 8.28. The highest BCUT2D eigenvalue weighted by molar-refractivity contribution is 7.89. The van der Waals surface area contributed by atoms with Crippen LogP contribution >= 0.6 is 0 Å². The number of nitrogens with one attached hydrogen (secondary N) is 1. The van der Waals surface area contributed by atoms with Crippen molar-refractivity contribution in [3.05, 3.63) is 53.5 Å². The van der Waals surface area contributed by atoms with Crippen LogP contribution in [-0.4, -0.2) is 36.7 Å². The fourth-order valence-electron chi connectivity index (χ4n) is 2.68. The van der Waals surface area contributed by atoms with E-state index >= 15 is 0 Å². The van der Waals surface area contributed by atoms with Crippen LogP contribution in [-0.2, 0) is 27.8 Å². The molecular formula is C18H22N4O3S. The van der Waals surface area contributed by atoms with Gasteiger partial charge in [-0.05, 0) is 49.2 Å². The molecule has 0 aliphatic rings. The van der Waals surface area contributed by atoms with E-state index in [0.29, 0.717) is 24.6 Å². The highest BCUT2D eigenvalue weighted by atomic mass is 32.2. The number of benzene rings is 1. The molecule has 1 N–H and O–H groups in total. The van der Waals surface area contributed by atoms with Gasteiger partial charge in [-0.15, -0.1) is 0 Å². The van der Waals surface area contributed by atoms with E-state index < -0.39 is 10.0 Å². The average Bonchev–Trinajstić information content (AvgIpc) is 2.98. The van der Waals surface area contributed by atoms with E-state index in [1.165, 1.54) is 0 Å². The first-order chi connectivity index (χ1) is 12.4. The summed E-state index contributed by atoms with van der Waals surface area (Å²) >= 11 is 0. The van der Waals surface area contributed by atoms with Gasteiger partial charge in [0, 0.05) is 19.9 Å². The standard InChI is InChI=1S/C18H22N4O3S/c1-13-6-7-15(11-14(13)2)26(23,24)20-12-17-21-16-5-4-8-19-18(16)22(17)9-10-25-3/h4-8,11,20H,9-10,12H2,1-3H3. The van der Waals surface area contributed by atoms with Crippen molar-refractivity contribution in [2.45, 2.75) is 31.8 Å². The number of imidazole rings is 1. The summed E-state index contributed by atoms with van der Waals surface area (Å²) in [5, 5.41) is 0. The maximum atomic E-state index is 12.6. The van der Waals surface area contributed by atoms with Crippen LogP contribution in [0.25, 0.3) is 11.2 Å². The van der Waals surface area contributed by atoms with E-state index in [2.05, 4.69) is 14.7 Å². The molecule has 0 aliphatic heterocycles. The van der Waals surface area contributed by atoms with Crippen molar-refractivity contribution in [3.63, 3.8) is 0 Å². The highest BCUT2D eigenvalue weighted by Crippen LogP contribution is 2.17. The number of rotatable bonds is 7. The van der Waals surface area contributed by atoms with Crippen molar-refractivity contribution in [2.24, 2.45) is 0 Å². The molecule has 0 aliphatic carbocycles. The normalized spacial score (nSPS) is 12.0. The minimum atomic E-state index is -3.63. The van der Waals surface area contributed by atoms with Gasteiger partial charge in [-0.3, -0.25) is 0 Å². The number of nitrogens with zero attached hydrogens (tertiary/aromatic N) is 3. The minimum absolute atomic E-state index is 0.0787. The summed E-state index contributed by atoms with van der Waals surface area (Å²) < 4.78 is 34.9. The van der Waals surface area contributed by atoms with Gasteiger partial charge in [-0.25, -0.2) is 23.1 Å². The molecule has 1 aromatic carbocycles. The molecule has 3 rings (SSSR count). The number of hydrogen-bond donors (Lipinski definition) is 1. The van der Waals surface area contributed by atoms with Gasteiger partial charge in [0.15, 0.2) is 5.65 Å². The third-order valence-corrected chi connectivity index (χ3v) is 5.71. The summed E-state index contributed by atoms with van der Waals surface area (Å²) in [5.41, 5.74) is 3.43. The number of sulfonamides is 1. The Bertz CT molecular complexity index is 1030. The summed E-state index contributed by atoms with van der Waals surface area (Å²) in [7, 11) is -2.01. The van der Waals surface area contributed by atoms with Gasteiger partial charge in [0.2, 0.25) is 10.0 Å². The lowest BCUT2D eigenvalue weighted by atomic mass is 10.1. The summed E-state index contributed by atoms with van der Waals surface area (Å²) in [6.45, 7) is 4.95. The Morgan fingerprint density at radius 1 is 1.19 bits per heavy atom. The molecule has 0 atom stereocenters. The maximum Gasteiger partial charge on any atom is 0.240 e. The molecule has 0 unspecified atom stereocenters. The number of ether oxygens (including phenoxy) is 1. The molecule has 0 bridgehead atoms. The van der Waals surface area contributed by atoms with Crippen molar-refractivity contribution >= 4 is 21.2 Å². The SMILES string of the molecule is COCCn1c(CNS(=O)(=O)c2ccc(C)c(C)c2)nc2cccnc21. The number of aryl methyl sites for hydroxylation is 2. The Labute approximate surface area is 153 Å². The molecule has 2 heterocycles. The number of fused-ring (bicyclic) bond motifs is 1. The largest absolute Gasteiger partial charge is 0.383 e. The fraction of sp³-hybridized carbons (Fsp3) is 0.333. The Morgan fingerprint density at radius 2 is 2.00 bits per heavy atom. The van der Waals surface area contributed by atoms with Crippen LogP contribution in [0.2, 0.25) is 0 Å². The van der Waals surface area contributed by atoms with Crippen molar-refractivity contribution in [1.29, 1.82) is 0 Å². The molecular weight excluding hydrogens is 352 g/mol. The Kier molecular flexibility index (Phi) is 5.36. The van der Waals surface area contributed by atoms with Crippen LogP contribution in [0.3, 0.4) is 0 Å². The second-order valence-electron chi connectivity index (χ2n) is 6.09. The van der Waals surface area contributed by atoms with E-state index in [1.807, 2.05) is 30.5 Å². The Morgan fingerprint density at radius 3 is 2.73 bits per heavy atom. The van der Waals surface area contributed by atoms with Crippen molar-refractivity contribution in [1.82, 2.24) is 19.3 Å². The fourth-order valence-corrected chi connectivity index (χ4v) is 3.75. The predicted molar refractivity (Wildman–Crippen MR) is 99.3 cm³/mol. The van der Waals surface area contributed by atoms with E-state index in [1.54, 1.807) is 31.5 Å². The average molecular weight is 374 g/mol. The van der Waals surface area contributed by atoms with Crippen LogP contribution in [0.4, 0.5) is 0 Å². The topological polar surface area (TPSA) is 86.1 Å². The van der Waals surface area contributed by atoms with Gasteiger partial charge in [-0.1, -0.05) is 6.07 Å². The van der Waals surface area contributed by atoms with Crippen molar-refractivity contribution in [3.8, 4) is 0 Å². The molecule has 3 aromatic rings. The Hall–Kier alpha value is -2.29. The first-order valence-corrected chi connectivity index (χ1v) is 9.76. The van der Waals surface area contributed by atoms with Crippen LogP contribution in [0.1, 0.15) is 17.0 Å². The van der Waals surface area contributed by atoms with E-state index in [-0.39, 0.29) is 11.4 Å². The highest BCUT2D eigenvalue weighted by Gasteiger charge is 2.17. The van der Waals surface area contributed by atoms with Gasteiger partial charge >= 0.3 is 0 Å². The molecule has 0 radical (unpaired) electrons. The quantitative estimate of drug-likeness (QED) is 0.685. The van der Waals surface area contributed by atoms with Gasteiger partial charge in [0.05, 0.1) is 18.0 Å². The summed E-state index contributed by atoms with van der Waals surface area (Å²) in [4.78, 5) is 9.11. The predicted octanol–water partition coefficient (Wildman–Crippen LogP) is 2.17. The van der Waals surface area contributed by atoms with E-state index in [0.717, 1.165) is 16.6 Å². The van der Waals surface area contributed by atoms with Crippen molar-refractivity contribution < 1.29 is 13.2 Å². The zero-order valence-corrected chi connectivity index (χ0v) is 15.9. The van der Waals surface area contributed by atoms with Gasteiger partial charge in [0.1, 0.15) is 11.3 Å². The van der Waals surface area contributed by atoms with Gasteiger partial charge in [-0.2, -0.15) is 0 Å². The number of hydrogen-bond acceptors (Lipinski definition) is 5. The molecule has 8 heteroatoms.